The van der Waals surface area contributed by atoms with Crippen LogP contribution in [0.25, 0.3) is 0 Å². The van der Waals surface area contributed by atoms with Crippen LogP contribution in [0.3, 0.4) is 0 Å². The molecule has 2 amide bonds. The van der Waals surface area contributed by atoms with E-state index in [9.17, 15) is 22.4 Å². The highest BCUT2D eigenvalue weighted by Crippen LogP contribution is 2.27. The van der Waals surface area contributed by atoms with Crippen LogP contribution in [0.15, 0.2) is 102 Å². The Bertz CT molecular complexity index is 1750. The third-order valence-corrected chi connectivity index (χ3v) is 9.69. The van der Waals surface area contributed by atoms with Gasteiger partial charge in [0.25, 0.3) is 10.0 Å². The van der Waals surface area contributed by atoms with Gasteiger partial charge < -0.3 is 10.2 Å². The van der Waals surface area contributed by atoms with Crippen LogP contribution in [0.2, 0.25) is 10.0 Å². The lowest BCUT2D eigenvalue weighted by Gasteiger charge is -2.34. The highest BCUT2D eigenvalue weighted by atomic mass is 35.5. The number of hydrogen-bond donors (Lipinski definition) is 1. The van der Waals surface area contributed by atoms with Crippen molar-refractivity contribution in [3.63, 3.8) is 0 Å². The Morgan fingerprint density at radius 3 is 2.15 bits per heavy atom. The molecule has 46 heavy (non-hydrogen) atoms. The number of hydrogen-bond acceptors (Lipinski definition) is 4. The number of rotatable bonds is 13. The van der Waals surface area contributed by atoms with Gasteiger partial charge in [-0.25, -0.2) is 12.8 Å². The second-order valence-corrected chi connectivity index (χ2v) is 14.1. The zero-order chi connectivity index (χ0) is 33.4. The van der Waals surface area contributed by atoms with E-state index in [0.29, 0.717) is 22.2 Å². The van der Waals surface area contributed by atoms with Crippen molar-refractivity contribution >= 4 is 50.7 Å². The standard InChI is InChI=1S/C35H36Cl2FN3O4S/c1-24(2)21-39-35(43)33(19-26-7-5-4-6-8-26)40(22-27-11-12-28(36)20-32(27)37)34(42)23-41(30-15-9-25(3)10-16-30)46(44,45)31-17-13-29(38)14-18-31/h4-18,20,24,33H,19,21-23H2,1-3H3,(H,39,43)/t33-/m1/s1. The summed E-state index contributed by atoms with van der Waals surface area (Å²) in [5.41, 5.74) is 2.45. The molecule has 11 heteroatoms. The normalized spacial score (nSPS) is 12.1. The summed E-state index contributed by atoms with van der Waals surface area (Å²) < 4.78 is 42.8. The Balaban J connectivity index is 1.81. The molecule has 7 nitrogen and oxygen atoms in total. The maximum Gasteiger partial charge on any atom is 0.264 e. The van der Waals surface area contributed by atoms with Crippen LogP contribution in [0.5, 0.6) is 0 Å². The molecule has 0 heterocycles. The van der Waals surface area contributed by atoms with Crippen molar-refractivity contribution in [3.8, 4) is 0 Å². The number of amides is 2. The van der Waals surface area contributed by atoms with Crippen LogP contribution in [0.1, 0.15) is 30.5 Å². The minimum Gasteiger partial charge on any atom is -0.354 e. The molecule has 1 N–H and O–H groups in total. The third-order valence-electron chi connectivity index (χ3n) is 7.31. The van der Waals surface area contributed by atoms with Crippen molar-refractivity contribution in [1.82, 2.24) is 10.2 Å². The summed E-state index contributed by atoms with van der Waals surface area (Å²) in [5.74, 6) is -1.48. The van der Waals surface area contributed by atoms with E-state index in [2.05, 4.69) is 5.32 Å². The monoisotopic (exact) mass is 683 g/mol. The molecule has 0 bridgehead atoms. The summed E-state index contributed by atoms with van der Waals surface area (Å²) in [6.07, 6.45) is 0.164. The first kappa shape index (κ1) is 34.9. The van der Waals surface area contributed by atoms with Crippen molar-refractivity contribution in [2.75, 3.05) is 17.4 Å². The van der Waals surface area contributed by atoms with Gasteiger partial charge in [-0.2, -0.15) is 0 Å². The van der Waals surface area contributed by atoms with Gasteiger partial charge in [-0.15, -0.1) is 0 Å². The summed E-state index contributed by atoms with van der Waals surface area (Å²) >= 11 is 12.7. The Morgan fingerprint density at radius 1 is 0.891 bits per heavy atom. The Labute approximate surface area is 280 Å². The van der Waals surface area contributed by atoms with Crippen LogP contribution in [0, 0.1) is 18.7 Å². The van der Waals surface area contributed by atoms with Crippen molar-refractivity contribution in [2.45, 2.75) is 44.7 Å². The number of nitrogens with zero attached hydrogens (tertiary/aromatic N) is 2. The molecule has 0 aromatic heterocycles. The zero-order valence-corrected chi connectivity index (χ0v) is 28.1. The van der Waals surface area contributed by atoms with E-state index < -0.39 is 34.3 Å². The van der Waals surface area contributed by atoms with Crippen molar-refractivity contribution in [1.29, 1.82) is 0 Å². The second-order valence-electron chi connectivity index (χ2n) is 11.4. The summed E-state index contributed by atoms with van der Waals surface area (Å²) in [6, 6.07) is 24.1. The van der Waals surface area contributed by atoms with Crippen molar-refractivity contribution in [3.05, 3.63) is 130 Å². The van der Waals surface area contributed by atoms with Crippen molar-refractivity contribution < 1.29 is 22.4 Å². The van der Waals surface area contributed by atoms with E-state index in [-0.39, 0.29) is 35.4 Å². The Kier molecular flexibility index (Phi) is 11.8. The fourth-order valence-electron chi connectivity index (χ4n) is 4.78. The molecular formula is C35H36Cl2FN3O4S. The maximum absolute atomic E-state index is 14.5. The second kappa shape index (κ2) is 15.6. The van der Waals surface area contributed by atoms with Crippen molar-refractivity contribution in [2.24, 2.45) is 5.92 Å². The lowest BCUT2D eigenvalue weighted by molar-refractivity contribution is -0.140. The molecule has 1 atom stereocenters. The number of carbonyl (C=O) groups is 2. The molecule has 0 radical (unpaired) electrons. The highest BCUT2D eigenvalue weighted by Gasteiger charge is 2.35. The van der Waals surface area contributed by atoms with Gasteiger partial charge in [0.1, 0.15) is 18.4 Å². The summed E-state index contributed by atoms with van der Waals surface area (Å²) in [6.45, 7) is 5.42. The van der Waals surface area contributed by atoms with Gasteiger partial charge in [0.15, 0.2) is 0 Å². The van der Waals surface area contributed by atoms with Crippen LogP contribution >= 0.6 is 23.2 Å². The fourth-order valence-corrected chi connectivity index (χ4v) is 6.67. The van der Waals surface area contributed by atoms with Crippen LogP contribution < -0.4 is 9.62 Å². The van der Waals surface area contributed by atoms with Crippen LogP contribution in [-0.4, -0.2) is 44.3 Å². The van der Waals surface area contributed by atoms with Gasteiger partial charge in [0, 0.05) is 29.6 Å². The van der Waals surface area contributed by atoms with Gasteiger partial charge in [-0.05, 0) is 72.5 Å². The third kappa shape index (κ3) is 9.09. The minimum atomic E-state index is -4.35. The zero-order valence-electron chi connectivity index (χ0n) is 25.8. The first-order chi connectivity index (χ1) is 21.8. The number of carbonyl (C=O) groups excluding carboxylic acids is 2. The van der Waals surface area contributed by atoms with Gasteiger partial charge >= 0.3 is 0 Å². The molecule has 0 saturated heterocycles. The number of sulfonamides is 1. The molecule has 0 aliphatic carbocycles. The van der Waals surface area contributed by atoms with Gasteiger partial charge in [-0.3, -0.25) is 13.9 Å². The van der Waals surface area contributed by atoms with E-state index in [0.717, 1.165) is 39.7 Å². The lowest BCUT2D eigenvalue weighted by atomic mass is 10.0. The molecule has 242 valence electrons. The summed E-state index contributed by atoms with van der Waals surface area (Å²) in [5, 5.41) is 3.64. The molecule has 0 spiro atoms. The highest BCUT2D eigenvalue weighted by molar-refractivity contribution is 7.92. The number of aryl methyl sites for hydroxylation is 1. The van der Waals surface area contributed by atoms with Gasteiger partial charge in [0.2, 0.25) is 11.8 Å². The number of benzene rings is 4. The first-order valence-corrected chi connectivity index (χ1v) is 16.9. The average molecular weight is 685 g/mol. The quantitative estimate of drug-likeness (QED) is 0.164. The topological polar surface area (TPSA) is 86.8 Å². The Hall–Kier alpha value is -3.92. The lowest BCUT2D eigenvalue weighted by Crippen LogP contribution is -2.53. The molecule has 0 saturated carbocycles. The van der Waals surface area contributed by atoms with Gasteiger partial charge in [-0.1, -0.05) is 91.1 Å². The Morgan fingerprint density at radius 2 is 1.54 bits per heavy atom. The molecule has 0 aliphatic heterocycles. The molecular weight excluding hydrogens is 648 g/mol. The van der Waals surface area contributed by atoms with E-state index in [1.54, 1.807) is 42.5 Å². The predicted molar refractivity (Wildman–Crippen MR) is 181 cm³/mol. The molecule has 0 fully saturated rings. The van der Waals surface area contributed by atoms with Gasteiger partial charge in [0.05, 0.1) is 10.6 Å². The molecule has 4 aromatic carbocycles. The smallest absolute Gasteiger partial charge is 0.264 e. The van der Waals surface area contributed by atoms with Crippen LogP contribution in [-0.2, 0) is 32.6 Å². The van der Waals surface area contributed by atoms with E-state index in [4.69, 9.17) is 23.2 Å². The average Bonchev–Trinajstić information content (AvgIpc) is 3.02. The molecule has 4 aromatic rings. The van der Waals surface area contributed by atoms with E-state index in [1.807, 2.05) is 51.1 Å². The number of halogens is 3. The summed E-state index contributed by atoms with van der Waals surface area (Å²) in [4.78, 5) is 29.5. The van der Waals surface area contributed by atoms with E-state index >= 15 is 0 Å². The maximum atomic E-state index is 14.5. The SMILES string of the molecule is Cc1ccc(N(CC(=O)N(Cc2ccc(Cl)cc2Cl)[C@H](Cc2ccccc2)C(=O)NCC(C)C)S(=O)(=O)c2ccc(F)cc2)cc1. The fraction of sp³-hybridized carbons (Fsp3) is 0.257. The van der Waals surface area contributed by atoms with Crippen LogP contribution in [0.4, 0.5) is 10.1 Å². The number of nitrogens with one attached hydrogen (secondary N) is 1. The molecule has 4 rings (SSSR count). The minimum absolute atomic E-state index is 0.0975. The molecule has 0 unspecified atom stereocenters. The number of anilines is 1. The summed E-state index contributed by atoms with van der Waals surface area (Å²) in [7, 11) is -4.35. The first-order valence-electron chi connectivity index (χ1n) is 14.7. The van der Waals surface area contributed by atoms with E-state index in [1.165, 1.54) is 4.90 Å². The molecule has 0 aliphatic rings. The largest absolute Gasteiger partial charge is 0.354 e. The predicted octanol–water partition coefficient (Wildman–Crippen LogP) is 7.05.